The summed E-state index contributed by atoms with van der Waals surface area (Å²) in [6.07, 6.45) is -8.25. The van der Waals surface area contributed by atoms with Gasteiger partial charge >= 0.3 is 6.36 Å². The van der Waals surface area contributed by atoms with E-state index < -0.39 is 42.2 Å². The van der Waals surface area contributed by atoms with Crippen molar-refractivity contribution in [1.82, 2.24) is 4.98 Å². The van der Waals surface area contributed by atoms with Crippen molar-refractivity contribution >= 4 is 0 Å². The van der Waals surface area contributed by atoms with Crippen molar-refractivity contribution in [2.45, 2.75) is 19.4 Å². The third-order valence-electron chi connectivity index (χ3n) is 1.67. The van der Waals surface area contributed by atoms with Crippen molar-refractivity contribution in [2.75, 3.05) is 0 Å². The molecule has 0 amide bonds. The molecule has 1 aromatic rings. The molecule has 0 aliphatic carbocycles. The van der Waals surface area contributed by atoms with Crippen LogP contribution < -0.4 is 4.74 Å². The first kappa shape index (κ1) is 13.6. The first-order valence-electron chi connectivity index (χ1n) is 4.08. The lowest BCUT2D eigenvalue weighted by Gasteiger charge is -2.14. The second-order valence-electron chi connectivity index (χ2n) is 2.82. The largest absolute Gasteiger partial charge is 0.573 e. The van der Waals surface area contributed by atoms with Crippen molar-refractivity contribution < 1.29 is 36.2 Å². The molecule has 0 bridgehead atoms. The Morgan fingerprint density at radius 2 is 1.94 bits per heavy atom. The summed E-state index contributed by atoms with van der Waals surface area (Å²) in [5.74, 6) is -3.44. The number of alkyl halides is 5. The van der Waals surface area contributed by atoms with Crippen LogP contribution in [0.1, 0.15) is 17.7 Å². The van der Waals surface area contributed by atoms with E-state index in [0.717, 1.165) is 0 Å². The number of pyridine rings is 1. The first-order chi connectivity index (χ1) is 7.76. The normalized spacial score (nSPS) is 12.0. The maximum absolute atomic E-state index is 13.3. The molecule has 0 unspecified atom stereocenters. The summed E-state index contributed by atoms with van der Waals surface area (Å²) in [5, 5.41) is 8.57. The molecule has 0 spiro atoms. The molecule has 0 aromatic carbocycles. The van der Waals surface area contributed by atoms with E-state index in [1.165, 1.54) is 0 Å². The lowest BCUT2D eigenvalue weighted by atomic mass is 10.2. The van der Waals surface area contributed by atoms with Gasteiger partial charge in [-0.25, -0.2) is 13.2 Å². The molecule has 17 heavy (non-hydrogen) atoms. The predicted octanol–water partition coefficient (Wildman–Crippen LogP) is 2.55. The van der Waals surface area contributed by atoms with E-state index in [1.807, 2.05) is 0 Å². The van der Waals surface area contributed by atoms with Crippen LogP contribution in [0.2, 0.25) is 0 Å². The van der Waals surface area contributed by atoms with Gasteiger partial charge in [0.05, 0.1) is 6.61 Å². The Hall–Kier alpha value is -1.51. The van der Waals surface area contributed by atoms with Crippen molar-refractivity contribution in [3.63, 3.8) is 0 Å². The van der Waals surface area contributed by atoms with Gasteiger partial charge < -0.3 is 9.84 Å². The number of hydrogen-bond donors (Lipinski definition) is 1. The van der Waals surface area contributed by atoms with Crippen LogP contribution in [0.25, 0.3) is 0 Å². The molecule has 0 saturated heterocycles. The number of aromatic nitrogens is 1. The SMILES string of the molecule is OCc1cnc(C(F)F)c(OC(F)(F)F)c1F. The van der Waals surface area contributed by atoms with Gasteiger partial charge in [-0.05, 0) is 0 Å². The average molecular weight is 261 g/mol. The van der Waals surface area contributed by atoms with Crippen molar-refractivity contribution in [3.05, 3.63) is 23.3 Å². The standard InChI is InChI=1S/C8H5F6NO2/c9-4-3(2-16)1-15-5(7(10)11)6(4)17-8(12,13)14/h1,7,16H,2H2. The summed E-state index contributed by atoms with van der Waals surface area (Å²) in [6, 6.07) is 0. The number of ether oxygens (including phenoxy) is 1. The maximum atomic E-state index is 13.3. The minimum absolute atomic E-state index is 0.514. The smallest absolute Gasteiger partial charge is 0.400 e. The molecule has 96 valence electrons. The van der Waals surface area contributed by atoms with E-state index in [2.05, 4.69) is 9.72 Å². The van der Waals surface area contributed by atoms with Crippen LogP contribution in [0.5, 0.6) is 5.75 Å². The lowest BCUT2D eigenvalue weighted by molar-refractivity contribution is -0.276. The number of hydrogen-bond acceptors (Lipinski definition) is 3. The fourth-order valence-electron chi connectivity index (χ4n) is 1.000. The van der Waals surface area contributed by atoms with Gasteiger partial charge in [-0.2, -0.15) is 0 Å². The van der Waals surface area contributed by atoms with Crippen molar-refractivity contribution in [2.24, 2.45) is 0 Å². The Labute approximate surface area is 90.6 Å². The zero-order chi connectivity index (χ0) is 13.2. The molecule has 0 fully saturated rings. The minimum Gasteiger partial charge on any atom is -0.400 e. The van der Waals surface area contributed by atoms with Crippen LogP contribution in [0, 0.1) is 5.82 Å². The van der Waals surface area contributed by atoms with Gasteiger partial charge in [0.25, 0.3) is 6.43 Å². The van der Waals surface area contributed by atoms with E-state index in [4.69, 9.17) is 5.11 Å². The van der Waals surface area contributed by atoms with Gasteiger partial charge in [-0.1, -0.05) is 0 Å². The summed E-state index contributed by atoms with van der Waals surface area (Å²) >= 11 is 0. The topological polar surface area (TPSA) is 42.4 Å². The van der Waals surface area contributed by atoms with Crippen LogP contribution in [-0.4, -0.2) is 16.5 Å². The highest BCUT2D eigenvalue weighted by Gasteiger charge is 2.36. The summed E-state index contributed by atoms with van der Waals surface area (Å²) in [4.78, 5) is 2.92. The summed E-state index contributed by atoms with van der Waals surface area (Å²) < 4.78 is 76.6. The highest BCUT2D eigenvalue weighted by Crippen LogP contribution is 2.34. The maximum Gasteiger partial charge on any atom is 0.573 e. The Morgan fingerprint density at radius 3 is 2.35 bits per heavy atom. The van der Waals surface area contributed by atoms with Gasteiger partial charge in [0.1, 0.15) is 0 Å². The van der Waals surface area contributed by atoms with Crippen LogP contribution >= 0.6 is 0 Å². The highest BCUT2D eigenvalue weighted by atomic mass is 19.4. The second-order valence-corrected chi connectivity index (χ2v) is 2.82. The number of halogens is 6. The molecule has 9 heteroatoms. The van der Waals surface area contributed by atoms with Crippen LogP contribution in [-0.2, 0) is 6.61 Å². The van der Waals surface area contributed by atoms with Crippen LogP contribution in [0.4, 0.5) is 26.3 Å². The zero-order valence-corrected chi connectivity index (χ0v) is 7.93. The molecular weight excluding hydrogens is 256 g/mol. The molecule has 0 aliphatic rings. The molecule has 1 aromatic heterocycles. The molecule has 0 radical (unpaired) electrons. The molecule has 1 N–H and O–H groups in total. The average Bonchev–Trinajstić information content (AvgIpc) is 2.18. The molecule has 0 atom stereocenters. The summed E-state index contributed by atoms with van der Waals surface area (Å²) in [6.45, 7) is -0.990. The van der Waals surface area contributed by atoms with E-state index in [0.29, 0.717) is 6.20 Å². The van der Waals surface area contributed by atoms with Crippen LogP contribution in [0.3, 0.4) is 0 Å². The van der Waals surface area contributed by atoms with Crippen molar-refractivity contribution in [3.8, 4) is 5.75 Å². The van der Waals surface area contributed by atoms with Gasteiger partial charge in [-0.15, -0.1) is 13.2 Å². The van der Waals surface area contributed by atoms with E-state index in [-0.39, 0.29) is 0 Å². The lowest BCUT2D eigenvalue weighted by Crippen LogP contribution is -2.20. The molecule has 0 saturated carbocycles. The predicted molar refractivity (Wildman–Crippen MR) is 41.8 cm³/mol. The summed E-state index contributed by atoms with van der Waals surface area (Å²) in [7, 11) is 0. The Bertz CT molecular complexity index is 406. The number of aliphatic hydroxyl groups is 1. The quantitative estimate of drug-likeness (QED) is 0.850. The molecule has 0 aliphatic heterocycles. The fraction of sp³-hybridized carbons (Fsp3) is 0.375. The monoisotopic (exact) mass is 261 g/mol. The van der Waals surface area contributed by atoms with E-state index in [1.54, 1.807) is 0 Å². The van der Waals surface area contributed by atoms with Crippen LogP contribution in [0.15, 0.2) is 6.20 Å². The van der Waals surface area contributed by atoms with E-state index in [9.17, 15) is 26.3 Å². The zero-order valence-electron chi connectivity index (χ0n) is 7.93. The number of rotatable bonds is 3. The number of aliphatic hydroxyl groups excluding tert-OH is 1. The van der Waals surface area contributed by atoms with E-state index >= 15 is 0 Å². The van der Waals surface area contributed by atoms with Gasteiger partial charge in [0, 0.05) is 11.8 Å². The van der Waals surface area contributed by atoms with Crippen molar-refractivity contribution in [1.29, 1.82) is 0 Å². The summed E-state index contributed by atoms with van der Waals surface area (Å²) in [5.41, 5.74) is -2.15. The van der Waals surface area contributed by atoms with Gasteiger partial charge in [-0.3, -0.25) is 4.98 Å². The molecular formula is C8H5F6NO2. The fourth-order valence-corrected chi connectivity index (χ4v) is 1.000. The van der Waals surface area contributed by atoms with Gasteiger partial charge in [0.15, 0.2) is 17.3 Å². The molecule has 3 nitrogen and oxygen atoms in total. The highest BCUT2D eigenvalue weighted by molar-refractivity contribution is 5.34. The molecule has 1 heterocycles. The Kier molecular flexibility index (Phi) is 3.81. The Balaban J connectivity index is 3.30. The molecule has 1 rings (SSSR count). The Morgan fingerprint density at radius 1 is 1.35 bits per heavy atom. The third-order valence-corrected chi connectivity index (χ3v) is 1.67. The minimum atomic E-state index is -5.33. The number of nitrogens with zero attached hydrogens (tertiary/aromatic N) is 1. The second kappa shape index (κ2) is 4.78. The first-order valence-corrected chi connectivity index (χ1v) is 4.08. The third kappa shape index (κ3) is 3.22. The van der Waals surface area contributed by atoms with Gasteiger partial charge in [0.2, 0.25) is 0 Å².